The Bertz CT molecular complexity index is 509. The van der Waals surface area contributed by atoms with Crippen LogP contribution in [0.5, 0.6) is 23.0 Å². The highest BCUT2D eigenvalue weighted by atomic mass is 16.3. The van der Waals surface area contributed by atoms with Gasteiger partial charge in [-0.3, -0.25) is 0 Å². The predicted molar refractivity (Wildman–Crippen MR) is 68.5 cm³/mol. The smallest absolute Gasteiger partial charge is 0.119 e. The average molecular weight is 244 g/mol. The van der Waals surface area contributed by atoms with Crippen molar-refractivity contribution in [3.05, 3.63) is 47.5 Å². The zero-order valence-corrected chi connectivity index (χ0v) is 9.41. The fraction of sp³-hybridized carbons (Fsp3) is 0. The summed E-state index contributed by atoms with van der Waals surface area (Å²) in [7, 11) is 0. The zero-order valence-electron chi connectivity index (χ0n) is 9.41. The number of rotatable bonds is 2. The lowest BCUT2D eigenvalue weighted by Crippen LogP contribution is -1.75. The van der Waals surface area contributed by atoms with E-state index >= 15 is 0 Å². The second kappa shape index (κ2) is 4.71. The SMILES string of the molecule is Oc1cc(O)cc(C=Cc2cc(O)cc(O)c2)c1. The fourth-order valence-corrected chi connectivity index (χ4v) is 1.62. The van der Waals surface area contributed by atoms with Gasteiger partial charge in [-0.25, -0.2) is 0 Å². The number of hydrogen-bond donors (Lipinski definition) is 4. The Kier molecular flexibility index (Phi) is 3.10. The van der Waals surface area contributed by atoms with Crippen LogP contribution in [-0.4, -0.2) is 20.4 Å². The van der Waals surface area contributed by atoms with E-state index in [1.807, 2.05) is 0 Å². The Labute approximate surface area is 104 Å². The van der Waals surface area contributed by atoms with Gasteiger partial charge in [-0.15, -0.1) is 0 Å². The van der Waals surface area contributed by atoms with Crippen LogP contribution < -0.4 is 0 Å². The van der Waals surface area contributed by atoms with Crippen LogP contribution in [0.4, 0.5) is 0 Å². The molecule has 2 aromatic carbocycles. The van der Waals surface area contributed by atoms with E-state index in [0.29, 0.717) is 11.1 Å². The molecule has 0 radical (unpaired) electrons. The predicted octanol–water partition coefficient (Wildman–Crippen LogP) is 2.68. The molecule has 0 unspecified atom stereocenters. The number of benzene rings is 2. The van der Waals surface area contributed by atoms with Crippen molar-refractivity contribution in [1.82, 2.24) is 0 Å². The maximum Gasteiger partial charge on any atom is 0.119 e. The third-order valence-corrected chi connectivity index (χ3v) is 2.32. The van der Waals surface area contributed by atoms with Crippen LogP contribution >= 0.6 is 0 Å². The van der Waals surface area contributed by atoms with Crippen molar-refractivity contribution < 1.29 is 20.4 Å². The quantitative estimate of drug-likeness (QED) is 0.612. The molecule has 0 bridgehead atoms. The van der Waals surface area contributed by atoms with Gasteiger partial charge >= 0.3 is 0 Å². The molecule has 0 saturated heterocycles. The van der Waals surface area contributed by atoms with E-state index in [4.69, 9.17) is 0 Å². The van der Waals surface area contributed by atoms with Crippen molar-refractivity contribution in [2.75, 3.05) is 0 Å². The molecular weight excluding hydrogens is 232 g/mol. The average Bonchev–Trinajstić information content (AvgIpc) is 2.23. The normalized spacial score (nSPS) is 10.9. The molecule has 0 aromatic heterocycles. The van der Waals surface area contributed by atoms with Gasteiger partial charge in [-0.2, -0.15) is 0 Å². The first-order valence-electron chi connectivity index (χ1n) is 5.27. The van der Waals surface area contributed by atoms with Crippen LogP contribution in [0.3, 0.4) is 0 Å². The van der Waals surface area contributed by atoms with Crippen molar-refractivity contribution in [2.45, 2.75) is 0 Å². The van der Waals surface area contributed by atoms with Gasteiger partial charge in [0, 0.05) is 12.1 Å². The van der Waals surface area contributed by atoms with Gasteiger partial charge in [-0.1, -0.05) is 12.2 Å². The molecule has 0 heterocycles. The standard InChI is InChI=1S/C14H12O4/c15-11-3-9(4-12(16)7-11)1-2-10-5-13(17)8-14(18)6-10/h1-8,15-18H. The number of phenols is 4. The van der Waals surface area contributed by atoms with Crippen molar-refractivity contribution in [3.8, 4) is 23.0 Å². The third kappa shape index (κ3) is 2.95. The molecule has 2 rings (SSSR count). The maximum absolute atomic E-state index is 9.31. The molecule has 4 heteroatoms. The largest absolute Gasteiger partial charge is 0.508 e. The number of aromatic hydroxyl groups is 4. The van der Waals surface area contributed by atoms with Crippen LogP contribution in [0.1, 0.15) is 11.1 Å². The summed E-state index contributed by atoms with van der Waals surface area (Å²) in [5, 5.41) is 37.2. The van der Waals surface area contributed by atoms with Crippen molar-refractivity contribution in [1.29, 1.82) is 0 Å². The van der Waals surface area contributed by atoms with E-state index < -0.39 is 0 Å². The summed E-state index contributed by atoms with van der Waals surface area (Å²) >= 11 is 0. The molecule has 0 amide bonds. The second-order valence-corrected chi connectivity index (χ2v) is 3.90. The van der Waals surface area contributed by atoms with Gasteiger partial charge in [0.05, 0.1) is 0 Å². The van der Waals surface area contributed by atoms with Gasteiger partial charge < -0.3 is 20.4 Å². The van der Waals surface area contributed by atoms with E-state index in [0.717, 1.165) is 0 Å². The van der Waals surface area contributed by atoms with Crippen LogP contribution in [-0.2, 0) is 0 Å². The molecular formula is C14H12O4. The van der Waals surface area contributed by atoms with Gasteiger partial charge in [0.25, 0.3) is 0 Å². The van der Waals surface area contributed by atoms with E-state index in [2.05, 4.69) is 0 Å². The second-order valence-electron chi connectivity index (χ2n) is 3.90. The molecule has 0 aliphatic carbocycles. The maximum atomic E-state index is 9.31. The molecule has 18 heavy (non-hydrogen) atoms. The zero-order chi connectivity index (χ0) is 13.1. The lowest BCUT2D eigenvalue weighted by molar-refractivity contribution is 0.449. The van der Waals surface area contributed by atoms with Crippen LogP contribution in [0.25, 0.3) is 12.2 Å². The summed E-state index contributed by atoms with van der Waals surface area (Å²) in [4.78, 5) is 0. The van der Waals surface area contributed by atoms with E-state index in [1.165, 1.54) is 36.4 Å². The summed E-state index contributed by atoms with van der Waals surface area (Å²) in [5.74, 6) is -0.136. The van der Waals surface area contributed by atoms with Gasteiger partial charge in [0.15, 0.2) is 0 Å². The minimum atomic E-state index is -0.0339. The molecule has 0 saturated carbocycles. The number of hydrogen-bond acceptors (Lipinski definition) is 4. The summed E-state index contributed by atoms with van der Waals surface area (Å²) in [6.45, 7) is 0. The van der Waals surface area contributed by atoms with Crippen molar-refractivity contribution in [3.63, 3.8) is 0 Å². The minimum absolute atomic E-state index is 0.0339. The Balaban J connectivity index is 2.29. The Morgan fingerprint density at radius 1 is 0.500 bits per heavy atom. The molecule has 2 aromatic rings. The van der Waals surface area contributed by atoms with E-state index in [-0.39, 0.29) is 23.0 Å². The lowest BCUT2D eigenvalue weighted by atomic mass is 10.1. The summed E-state index contributed by atoms with van der Waals surface area (Å²) in [6, 6.07) is 8.41. The molecule has 0 fully saturated rings. The van der Waals surface area contributed by atoms with Gasteiger partial charge in [0.1, 0.15) is 23.0 Å². The first-order chi connectivity index (χ1) is 8.52. The highest BCUT2D eigenvalue weighted by Gasteiger charge is 1.98. The molecule has 92 valence electrons. The molecule has 0 aliphatic heterocycles. The van der Waals surface area contributed by atoms with E-state index in [9.17, 15) is 20.4 Å². The Morgan fingerprint density at radius 3 is 1.06 bits per heavy atom. The van der Waals surface area contributed by atoms with Crippen LogP contribution in [0, 0.1) is 0 Å². The topological polar surface area (TPSA) is 80.9 Å². The van der Waals surface area contributed by atoms with Crippen LogP contribution in [0.15, 0.2) is 36.4 Å². The van der Waals surface area contributed by atoms with Crippen molar-refractivity contribution in [2.24, 2.45) is 0 Å². The highest BCUT2D eigenvalue weighted by molar-refractivity contribution is 5.72. The summed E-state index contributed by atoms with van der Waals surface area (Å²) < 4.78 is 0. The first kappa shape index (κ1) is 11.9. The molecule has 0 aliphatic rings. The highest BCUT2D eigenvalue weighted by Crippen LogP contribution is 2.24. The Morgan fingerprint density at radius 2 is 0.778 bits per heavy atom. The Hall–Kier alpha value is -2.62. The molecule has 4 nitrogen and oxygen atoms in total. The third-order valence-electron chi connectivity index (χ3n) is 2.32. The summed E-state index contributed by atoms with van der Waals surface area (Å²) in [6.07, 6.45) is 3.29. The fourth-order valence-electron chi connectivity index (χ4n) is 1.62. The first-order valence-corrected chi connectivity index (χ1v) is 5.27. The monoisotopic (exact) mass is 244 g/mol. The van der Waals surface area contributed by atoms with E-state index in [1.54, 1.807) is 12.2 Å². The minimum Gasteiger partial charge on any atom is -0.508 e. The lowest BCUT2D eigenvalue weighted by Gasteiger charge is -2.00. The van der Waals surface area contributed by atoms with Crippen molar-refractivity contribution >= 4 is 12.2 Å². The van der Waals surface area contributed by atoms with Crippen LogP contribution in [0.2, 0.25) is 0 Å². The molecule has 0 atom stereocenters. The molecule has 0 spiro atoms. The summed E-state index contributed by atoms with van der Waals surface area (Å²) in [5.41, 5.74) is 1.21. The molecule has 4 N–H and O–H groups in total. The van der Waals surface area contributed by atoms with Gasteiger partial charge in [-0.05, 0) is 35.4 Å². The van der Waals surface area contributed by atoms with Gasteiger partial charge in [0.2, 0.25) is 0 Å². The number of phenolic OH excluding ortho intramolecular Hbond substituents is 4.